The maximum Gasteiger partial charge on any atom is 0.252 e. The van der Waals surface area contributed by atoms with E-state index in [1.165, 1.54) is 11.1 Å². The molecule has 0 saturated heterocycles. The van der Waals surface area contributed by atoms with Gasteiger partial charge in [0.1, 0.15) is 0 Å². The summed E-state index contributed by atoms with van der Waals surface area (Å²) in [6.07, 6.45) is 0.916. The zero-order valence-corrected chi connectivity index (χ0v) is 18.5. The van der Waals surface area contributed by atoms with Gasteiger partial charge in [0.05, 0.1) is 11.6 Å². The number of aromatic nitrogens is 5. The van der Waals surface area contributed by atoms with E-state index < -0.39 is 0 Å². The van der Waals surface area contributed by atoms with Crippen LogP contribution in [0.3, 0.4) is 0 Å². The molecule has 156 valence electrons. The molecule has 2 heterocycles. The Labute approximate surface area is 171 Å². The number of hydrogen-bond acceptors (Lipinski definition) is 5. The van der Waals surface area contributed by atoms with E-state index in [1.807, 2.05) is 16.8 Å². The molecule has 0 bridgehead atoms. The van der Waals surface area contributed by atoms with Crippen LogP contribution in [0.15, 0.2) is 23.0 Å². The van der Waals surface area contributed by atoms with Crippen molar-refractivity contribution >= 4 is 10.9 Å². The Morgan fingerprint density at radius 3 is 2.52 bits per heavy atom. The molecule has 29 heavy (non-hydrogen) atoms. The topological polar surface area (TPSA) is 88.5 Å². The Morgan fingerprint density at radius 1 is 1.17 bits per heavy atom. The minimum atomic E-state index is -0.177. The quantitative estimate of drug-likeness (QED) is 0.635. The molecule has 0 fully saturated rings. The van der Waals surface area contributed by atoms with Gasteiger partial charge < -0.3 is 10.3 Å². The third-order valence-electron chi connectivity index (χ3n) is 5.92. The van der Waals surface area contributed by atoms with Crippen LogP contribution in [0.1, 0.15) is 69.6 Å². The van der Waals surface area contributed by atoms with Crippen molar-refractivity contribution in [3.8, 4) is 0 Å². The summed E-state index contributed by atoms with van der Waals surface area (Å²) in [5, 5.41) is 17.0. The van der Waals surface area contributed by atoms with Crippen molar-refractivity contribution in [3.63, 3.8) is 0 Å². The van der Waals surface area contributed by atoms with E-state index in [9.17, 15) is 4.79 Å². The Hall–Kier alpha value is -2.54. The molecule has 0 amide bonds. The highest BCUT2D eigenvalue weighted by atomic mass is 16.1. The highest BCUT2D eigenvalue weighted by Crippen LogP contribution is 2.26. The monoisotopic (exact) mass is 396 g/mol. The summed E-state index contributed by atoms with van der Waals surface area (Å²) in [7, 11) is 0. The summed E-state index contributed by atoms with van der Waals surface area (Å²) < 4.78 is 1.90. The number of tetrazole rings is 1. The molecular formula is C22H32N6O. The van der Waals surface area contributed by atoms with Crippen molar-refractivity contribution in [2.75, 3.05) is 0 Å². The van der Waals surface area contributed by atoms with Gasteiger partial charge in [0.2, 0.25) is 0 Å². The zero-order chi connectivity index (χ0) is 21.3. The number of rotatable bonds is 7. The van der Waals surface area contributed by atoms with E-state index in [4.69, 9.17) is 0 Å². The van der Waals surface area contributed by atoms with Crippen molar-refractivity contribution in [3.05, 3.63) is 51.1 Å². The van der Waals surface area contributed by atoms with Crippen molar-refractivity contribution in [2.24, 2.45) is 5.92 Å². The van der Waals surface area contributed by atoms with E-state index in [0.29, 0.717) is 12.1 Å². The molecule has 7 heteroatoms. The molecule has 1 unspecified atom stereocenters. The zero-order valence-electron chi connectivity index (χ0n) is 18.5. The minimum Gasteiger partial charge on any atom is -0.322 e. The molecule has 1 atom stereocenters. The van der Waals surface area contributed by atoms with Crippen LogP contribution in [0.5, 0.6) is 0 Å². The summed E-state index contributed by atoms with van der Waals surface area (Å²) in [6.45, 7) is 15.2. The Morgan fingerprint density at radius 2 is 1.86 bits per heavy atom. The van der Waals surface area contributed by atoms with Crippen LogP contribution in [0.2, 0.25) is 0 Å². The van der Waals surface area contributed by atoms with Crippen LogP contribution in [-0.2, 0) is 12.1 Å². The van der Waals surface area contributed by atoms with E-state index in [2.05, 4.69) is 80.4 Å². The van der Waals surface area contributed by atoms with E-state index in [1.54, 1.807) is 0 Å². The number of hydrogen-bond donors (Lipinski definition) is 2. The molecule has 3 aromatic rings. The van der Waals surface area contributed by atoms with Gasteiger partial charge in [0.25, 0.3) is 5.56 Å². The smallest absolute Gasteiger partial charge is 0.252 e. The minimum absolute atomic E-state index is 0.0642. The number of nitrogens with zero attached hydrogens (tertiary/aromatic N) is 4. The van der Waals surface area contributed by atoms with Crippen molar-refractivity contribution in [2.45, 2.75) is 73.0 Å². The number of benzene rings is 1. The average molecular weight is 397 g/mol. The largest absolute Gasteiger partial charge is 0.322 e. The van der Waals surface area contributed by atoms with Gasteiger partial charge in [-0.15, -0.1) is 5.10 Å². The fraction of sp³-hybridized carbons (Fsp3) is 0.545. The summed E-state index contributed by atoms with van der Waals surface area (Å²) in [4.78, 5) is 15.6. The van der Waals surface area contributed by atoms with Crippen LogP contribution in [-0.4, -0.2) is 25.2 Å². The van der Waals surface area contributed by atoms with Crippen molar-refractivity contribution in [1.82, 2.24) is 30.5 Å². The molecule has 7 nitrogen and oxygen atoms in total. The first kappa shape index (κ1) is 21.2. The summed E-state index contributed by atoms with van der Waals surface area (Å²) in [5.74, 6) is 1.06. The second-order valence-corrected chi connectivity index (χ2v) is 8.86. The molecule has 0 aliphatic carbocycles. The number of aryl methyl sites for hydroxylation is 2. The SMILES string of the molecule is CCC(C)(C)n1nnnc1C(NCc1cc2cc(C)c(C)cc2[nH]c1=O)C(C)C. The molecule has 2 N–H and O–H groups in total. The summed E-state index contributed by atoms with van der Waals surface area (Å²) in [5.41, 5.74) is 3.72. The molecule has 1 aromatic carbocycles. The van der Waals surface area contributed by atoms with Crippen molar-refractivity contribution in [1.29, 1.82) is 0 Å². The van der Waals surface area contributed by atoms with Gasteiger partial charge in [-0.1, -0.05) is 20.8 Å². The van der Waals surface area contributed by atoms with Crippen LogP contribution in [0.25, 0.3) is 10.9 Å². The maximum atomic E-state index is 12.6. The Balaban J connectivity index is 1.91. The maximum absolute atomic E-state index is 12.6. The van der Waals surface area contributed by atoms with Gasteiger partial charge in [-0.2, -0.15) is 0 Å². The Bertz CT molecular complexity index is 1060. The number of nitrogens with one attached hydrogen (secondary N) is 2. The summed E-state index contributed by atoms with van der Waals surface area (Å²) >= 11 is 0. The molecule has 3 rings (SSSR count). The number of H-pyrrole nitrogens is 1. The van der Waals surface area contributed by atoms with Gasteiger partial charge in [0.15, 0.2) is 5.82 Å². The van der Waals surface area contributed by atoms with Crippen LogP contribution in [0.4, 0.5) is 0 Å². The lowest BCUT2D eigenvalue weighted by molar-refractivity contribution is 0.266. The molecular weight excluding hydrogens is 364 g/mol. The normalized spacial score (nSPS) is 13.4. The van der Waals surface area contributed by atoms with Gasteiger partial charge in [-0.05, 0) is 85.2 Å². The predicted molar refractivity (Wildman–Crippen MR) is 116 cm³/mol. The molecule has 2 aromatic heterocycles. The fourth-order valence-corrected chi connectivity index (χ4v) is 3.47. The van der Waals surface area contributed by atoms with Gasteiger partial charge in [-0.25, -0.2) is 4.68 Å². The fourth-order valence-electron chi connectivity index (χ4n) is 3.47. The third kappa shape index (κ3) is 4.24. The highest BCUT2D eigenvalue weighted by Gasteiger charge is 2.29. The first-order valence-corrected chi connectivity index (χ1v) is 10.3. The first-order chi connectivity index (χ1) is 13.6. The molecule has 0 saturated carbocycles. The number of fused-ring (bicyclic) bond motifs is 1. The van der Waals surface area contributed by atoms with E-state index in [0.717, 1.165) is 23.1 Å². The van der Waals surface area contributed by atoms with Gasteiger partial charge in [0, 0.05) is 17.6 Å². The van der Waals surface area contributed by atoms with Crippen LogP contribution in [0, 0.1) is 19.8 Å². The van der Waals surface area contributed by atoms with Gasteiger partial charge in [-0.3, -0.25) is 4.79 Å². The predicted octanol–water partition coefficient (Wildman–Crippen LogP) is 3.76. The second kappa shape index (κ2) is 8.06. The first-order valence-electron chi connectivity index (χ1n) is 10.3. The van der Waals surface area contributed by atoms with E-state index >= 15 is 0 Å². The lowest BCUT2D eigenvalue weighted by Crippen LogP contribution is -2.35. The van der Waals surface area contributed by atoms with E-state index in [-0.39, 0.29) is 23.1 Å². The van der Waals surface area contributed by atoms with Crippen molar-refractivity contribution < 1.29 is 0 Å². The standard InChI is InChI=1S/C22H32N6O/c1-8-22(6,7)28-20(25-26-27-28)19(13(2)3)23-12-17-11-16-9-14(4)15(5)10-18(16)24-21(17)29/h9-11,13,19,23H,8,12H2,1-7H3,(H,24,29). The number of pyridine rings is 1. The highest BCUT2D eigenvalue weighted by molar-refractivity contribution is 5.80. The lowest BCUT2D eigenvalue weighted by atomic mass is 9.98. The summed E-state index contributed by atoms with van der Waals surface area (Å²) in [6, 6.07) is 6.06. The third-order valence-corrected chi connectivity index (χ3v) is 5.92. The Kier molecular flexibility index (Phi) is 5.89. The molecule has 0 spiro atoms. The van der Waals surface area contributed by atoms with Crippen LogP contribution < -0.4 is 10.9 Å². The lowest BCUT2D eigenvalue weighted by Gasteiger charge is -2.28. The van der Waals surface area contributed by atoms with Crippen LogP contribution >= 0.6 is 0 Å². The number of aromatic amines is 1. The second-order valence-electron chi connectivity index (χ2n) is 8.86. The van der Waals surface area contributed by atoms with Gasteiger partial charge >= 0.3 is 0 Å². The molecule has 0 aliphatic rings. The average Bonchev–Trinajstić information content (AvgIpc) is 3.14. The molecule has 0 aliphatic heterocycles. The molecule has 0 radical (unpaired) electrons.